The summed E-state index contributed by atoms with van der Waals surface area (Å²) in [5.41, 5.74) is 3.72. The van der Waals surface area contributed by atoms with Crippen molar-refractivity contribution in [1.82, 2.24) is 14.3 Å². The SMILES string of the molecule is O=C(Nc1ccc(-n2cnc3ccccc32)cc1)c1cccc(S(=O)(=O)NC2CC2)c1. The zero-order chi connectivity index (χ0) is 21.4. The number of hydrogen-bond donors (Lipinski definition) is 2. The van der Waals surface area contributed by atoms with Crippen molar-refractivity contribution in [3.05, 3.63) is 84.7 Å². The molecule has 31 heavy (non-hydrogen) atoms. The predicted molar refractivity (Wildman–Crippen MR) is 119 cm³/mol. The monoisotopic (exact) mass is 432 g/mol. The van der Waals surface area contributed by atoms with Crippen LogP contribution in [0.4, 0.5) is 5.69 Å². The van der Waals surface area contributed by atoms with Gasteiger partial charge in [-0.15, -0.1) is 0 Å². The summed E-state index contributed by atoms with van der Waals surface area (Å²) < 4.78 is 29.4. The summed E-state index contributed by atoms with van der Waals surface area (Å²) in [6, 6.07) is 21.3. The average molecular weight is 433 g/mol. The molecule has 1 fully saturated rings. The Morgan fingerprint density at radius 1 is 0.968 bits per heavy atom. The van der Waals surface area contributed by atoms with Gasteiger partial charge in [-0.3, -0.25) is 9.36 Å². The van der Waals surface area contributed by atoms with E-state index >= 15 is 0 Å². The van der Waals surface area contributed by atoms with Crippen molar-refractivity contribution in [1.29, 1.82) is 0 Å². The highest BCUT2D eigenvalue weighted by Gasteiger charge is 2.28. The van der Waals surface area contributed by atoms with E-state index in [1.165, 1.54) is 12.1 Å². The molecule has 1 heterocycles. The molecule has 156 valence electrons. The van der Waals surface area contributed by atoms with Crippen LogP contribution in [-0.4, -0.2) is 29.9 Å². The van der Waals surface area contributed by atoms with Crippen LogP contribution in [0.25, 0.3) is 16.7 Å². The lowest BCUT2D eigenvalue weighted by Crippen LogP contribution is -2.26. The van der Waals surface area contributed by atoms with E-state index in [2.05, 4.69) is 15.0 Å². The van der Waals surface area contributed by atoms with E-state index in [1.54, 1.807) is 30.6 Å². The van der Waals surface area contributed by atoms with Gasteiger partial charge >= 0.3 is 0 Å². The number of nitrogens with one attached hydrogen (secondary N) is 2. The van der Waals surface area contributed by atoms with Crippen LogP contribution in [0.15, 0.2) is 84.0 Å². The molecule has 1 aliphatic rings. The van der Waals surface area contributed by atoms with E-state index in [1.807, 2.05) is 41.0 Å². The number of nitrogens with zero attached hydrogens (tertiary/aromatic N) is 2. The Labute approximate surface area is 179 Å². The van der Waals surface area contributed by atoms with Crippen LogP contribution >= 0.6 is 0 Å². The van der Waals surface area contributed by atoms with Gasteiger partial charge in [0.15, 0.2) is 0 Å². The fourth-order valence-corrected chi connectivity index (χ4v) is 4.72. The highest BCUT2D eigenvalue weighted by Crippen LogP contribution is 2.23. The number of benzene rings is 3. The summed E-state index contributed by atoms with van der Waals surface area (Å²) in [7, 11) is -3.61. The molecule has 7 nitrogen and oxygen atoms in total. The van der Waals surface area contributed by atoms with Gasteiger partial charge in [0.05, 0.1) is 15.9 Å². The number of sulfonamides is 1. The van der Waals surface area contributed by atoms with Gasteiger partial charge in [-0.25, -0.2) is 18.1 Å². The molecule has 1 aromatic heterocycles. The molecule has 0 unspecified atom stereocenters. The maximum Gasteiger partial charge on any atom is 0.255 e. The first kappa shape index (κ1) is 19.5. The molecule has 1 aliphatic carbocycles. The van der Waals surface area contributed by atoms with E-state index in [0.29, 0.717) is 5.69 Å². The summed E-state index contributed by atoms with van der Waals surface area (Å²) in [5.74, 6) is -0.371. The van der Waals surface area contributed by atoms with Crippen molar-refractivity contribution in [3.8, 4) is 5.69 Å². The Morgan fingerprint density at radius 2 is 1.74 bits per heavy atom. The molecule has 5 rings (SSSR count). The topological polar surface area (TPSA) is 93.1 Å². The zero-order valence-electron chi connectivity index (χ0n) is 16.5. The van der Waals surface area contributed by atoms with Gasteiger partial charge in [-0.1, -0.05) is 18.2 Å². The predicted octanol–water partition coefficient (Wildman–Crippen LogP) is 3.72. The molecular weight excluding hydrogens is 412 g/mol. The molecule has 8 heteroatoms. The minimum absolute atomic E-state index is 0.00798. The van der Waals surface area contributed by atoms with Crippen LogP contribution in [0.3, 0.4) is 0 Å². The molecular formula is C23H20N4O3S. The molecule has 0 bridgehead atoms. The summed E-state index contributed by atoms with van der Waals surface area (Å²) in [6.45, 7) is 0. The first-order valence-corrected chi connectivity index (χ1v) is 11.4. The van der Waals surface area contributed by atoms with E-state index < -0.39 is 10.0 Å². The number of rotatable bonds is 6. The fraction of sp³-hybridized carbons (Fsp3) is 0.130. The number of hydrogen-bond acceptors (Lipinski definition) is 4. The maximum atomic E-state index is 12.7. The molecule has 3 aromatic carbocycles. The average Bonchev–Trinajstić information content (AvgIpc) is 3.48. The smallest absolute Gasteiger partial charge is 0.255 e. The zero-order valence-corrected chi connectivity index (χ0v) is 17.3. The summed E-state index contributed by atoms with van der Waals surface area (Å²) in [4.78, 5) is 17.2. The van der Waals surface area contributed by atoms with Crippen LogP contribution in [0.2, 0.25) is 0 Å². The van der Waals surface area contributed by atoms with Gasteiger partial charge in [0.25, 0.3) is 5.91 Å². The Balaban J connectivity index is 1.33. The van der Waals surface area contributed by atoms with E-state index in [-0.39, 0.29) is 22.4 Å². The highest BCUT2D eigenvalue weighted by molar-refractivity contribution is 7.89. The molecule has 0 saturated heterocycles. The third kappa shape index (κ3) is 4.08. The Bertz CT molecular complexity index is 1370. The number of carbonyl (C=O) groups is 1. The van der Waals surface area contributed by atoms with Gasteiger partial charge in [0.1, 0.15) is 6.33 Å². The van der Waals surface area contributed by atoms with Gasteiger partial charge in [0, 0.05) is 23.0 Å². The summed E-state index contributed by atoms with van der Waals surface area (Å²) >= 11 is 0. The van der Waals surface area contributed by atoms with Crippen LogP contribution in [-0.2, 0) is 10.0 Å². The van der Waals surface area contributed by atoms with Crippen molar-refractivity contribution in [2.24, 2.45) is 0 Å². The van der Waals surface area contributed by atoms with Crippen molar-refractivity contribution < 1.29 is 13.2 Å². The van der Waals surface area contributed by atoms with Crippen LogP contribution in [0.5, 0.6) is 0 Å². The molecule has 0 atom stereocenters. The molecule has 1 amide bonds. The number of aromatic nitrogens is 2. The first-order chi connectivity index (χ1) is 15.0. The maximum absolute atomic E-state index is 12.7. The van der Waals surface area contributed by atoms with Crippen molar-refractivity contribution in [3.63, 3.8) is 0 Å². The van der Waals surface area contributed by atoms with Crippen LogP contribution in [0.1, 0.15) is 23.2 Å². The van der Waals surface area contributed by atoms with Crippen LogP contribution in [0, 0.1) is 0 Å². The summed E-state index contributed by atoms with van der Waals surface area (Å²) in [5, 5.41) is 2.82. The Kier molecular flexibility index (Phi) is 4.80. The number of para-hydroxylation sites is 2. The molecule has 0 radical (unpaired) electrons. The van der Waals surface area contributed by atoms with Gasteiger partial charge in [-0.05, 0) is 67.4 Å². The van der Waals surface area contributed by atoms with E-state index in [0.717, 1.165) is 29.6 Å². The van der Waals surface area contributed by atoms with Gasteiger partial charge in [0.2, 0.25) is 10.0 Å². The quantitative estimate of drug-likeness (QED) is 0.486. The second-order valence-corrected chi connectivity index (χ2v) is 9.24. The molecule has 0 aliphatic heterocycles. The van der Waals surface area contributed by atoms with Crippen molar-refractivity contribution >= 4 is 32.7 Å². The Morgan fingerprint density at radius 3 is 2.52 bits per heavy atom. The minimum atomic E-state index is -3.61. The third-order valence-corrected chi connectivity index (χ3v) is 6.68. The lowest BCUT2D eigenvalue weighted by Gasteiger charge is -2.10. The lowest BCUT2D eigenvalue weighted by atomic mass is 10.2. The van der Waals surface area contributed by atoms with Crippen LogP contribution < -0.4 is 10.0 Å². The highest BCUT2D eigenvalue weighted by atomic mass is 32.2. The third-order valence-electron chi connectivity index (χ3n) is 5.16. The number of fused-ring (bicyclic) bond motifs is 1. The van der Waals surface area contributed by atoms with E-state index in [4.69, 9.17) is 0 Å². The first-order valence-electron chi connectivity index (χ1n) is 9.96. The second-order valence-electron chi connectivity index (χ2n) is 7.53. The Hall–Kier alpha value is -3.49. The van der Waals surface area contributed by atoms with Crippen molar-refractivity contribution in [2.45, 2.75) is 23.8 Å². The van der Waals surface area contributed by atoms with Gasteiger partial charge in [-0.2, -0.15) is 0 Å². The molecule has 0 spiro atoms. The number of imidazole rings is 1. The number of amides is 1. The van der Waals surface area contributed by atoms with E-state index in [9.17, 15) is 13.2 Å². The molecule has 1 saturated carbocycles. The largest absolute Gasteiger partial charge is 0.322 e. The normalized spacial score (nSPS) is 13.9. The molecule has 4 aromatic rings. The summed E-state index contributed by atoms with van der Waals surface area (Å²) in [6.07, 6.45) is 3.47. The lowest BCUT2D eigenvalue weighted by molar-refractivity contribution is 0.102. The second kappa shape index (κ2) is 7.64. The number of anilines is 1. The molecule has 2 N–H and O–H groups in total. The fourth-order valence-electron chi connectivity index (χ4n) is 3.37. The standard InChI is InChI=1S/C23H20N4O3S/c28-23(16-4-3-5-20(14-16)31(29,30)26-18-8-9-18)25-17-10-12-19(13-11-17)27-15-24-21-6-1-2-7-22(21)27/h1-7,10-15,18,26H,8-9H2,(H,25,28). The van der Waals surface area contributed by atoms with Gasteiger partial charge < -0.3 is 5.32 Å². The minimum Gasteiger partial charge on any atom is -0.322 e. The van der Waals surface area contributed by atoms with Crippen molar-refractivity contribution in [2.75, 3.05) is 5.32 Å². The number of carbonyl (C=O) groups excluding carboxylic acids is 1.